The molecule has 0 heterocycles. The highest BCUT2D eigenvalue weighted by atomic mass is 19.1. The largest absolute Gasteiger partial charge is 0.452 e. The van der Waals surface area contributed by atoms with E-state index in [0.29, 0.717) is 0 Å². The van der Waals surface area contributed by atoms with Gasteiger partial charge in [0.05, 0.1) is 5.56 Å². The summed E-state index contributed by atoms with van der Waals surface area (Å²) in [5, 5.41) is 2.87. The molecule has 0 saturated heterocycles. The van der Waals surface area contributed by atoms with Crippen molar-refractivity contribution in [2.75, 3.05) is 6.61 Å². The molecule has 1 aliphatic rings. The van der Waals surface area contributed by atoms with E-state index in [1.807, 2.05) is 0 Å². The molecule has 0 radical (unpaired) electrons. The Bertz CT molecular complexity index is 496. The molecule has 1 saturated carbocycles. The van der Waals surface area contributed by atoms with Crippen LogP contribution in [0.15, 0.2) is 24.3 Å². The van der Waals surface area contributed by atoms with Crippen LogP contribution in [-0.2, 0) is 9.53 Å². The number of amides is 1. The molecule has 0 unspecified atom stereocenters. The van der Waals surface area contributed by atoms with Gasteiger partial charge in [-0.15, -0.1) is 0 Å². The second-order valence-electron chi connectivity index (χ2n) is 5.31. The molecule has 5 heteroatoms. The molecule has 0 atom stereocenters. The van der Waals surface area contributed by atoms with E-state index >= 15 is 0 Å². The van der Waals surface area contributed by atoms with Crippen LogP contribution in [-0.4, -0.2) is 24.5 Å². The van der Waals surface area contributed by atoms with Gasteiger partial charge >= 0.3 is 5.97 Å². The predicted octanol–water partition coefficient (Wildman–Crippen LogP) is 2.82. The van der Waals surface area contributed by atoms with Crippen LogP contribution in [0.3, 0.4) is 0 Å². The van der Waals surface area contributed by atoms with Gasteiger partial charge in [0.2, 0.25) is 0 Å². The van der Waals surface area contributed by atoms with E-state index in [9.17, 15) is 14.0 Å². The van der Waals surface area contributed by atoms with E-state index in [2.05, 4.69) is 5.32 Å². The maximum atomic E-state index is 13.4. The van der Waals surface area contributed by atoms with Gasteiger partial charge in [-0.25, -0.2) is 9.18 Å². The monoisotopic (exact) mass is 293 g/mol. The quantitative estimate of drug-likeness (QED) is 0.686. The second-order valence-corrected chi connectivity index (χ2v) is 5.31. The van der Waals surface area contributed by atoms with Crippen molar-refractivity contribution >= 4 is 11.9 Å². The van der Waals surface area contributed by atoms with Crippen molar-refractivity contribution in [1.29, 1.82) is 0 Å². The summed E-state index contributed by atoms with van der Waals surface area (Å²) in [6.45, 7) is -0.371. The molecule has 1 aromatic carbocycles. The van der Waals surface area contributed by atoms with Crippen LogP contribution < -0.4 is 5.32 Å². The molecule has 1 aliphatic carbocycles. The summed E-state index contributed by atoms with van der Waals surface area (Å²) in [5.74, 6) is -1.79. The molecular formula is C16H20FNO3. The summed E-state index contributed by atoms with van der Waals surface area (Å²) in [7, 11) is 0. The topological polar surface area (TPSA) is 55.4 Å². The molecule has 1 amide bonds. The van der Waals surface area contributed by atoms with Gasteiger partial charge in [0.25, 0.3) is 5.91 Å². The number of nitrogens with one attached hydrogen (secondary N) is 1. The van der Waals surface area contributed by atoms with Crippen LogP contribution in [0.2, 0.25) is 0 Å². The van der Waals surface area contributed by atoms with E-state index in [1.165, 1.54) is 31.0 Å². The Morgan fingerprint density at radius 1 is 1.14 bits per heavy atom. The molecule has 1 N–H and O–H groups in total. The van der Waals surface area contributed by atoms with E-state index in [1.54, 1.807) is 6.07 Å². The van der Waals surface area contributed by atoms with E-state index < -0.39 is 11.8 Å². The minimum atomic E-state index is -0.816. The molecule has 21 heavy (non-hydrogen) atoms. The van der Waals surface area contributed by atoms with Crippen LogP contribution in [0.1, 0.15) is 48.9 Å². The van der Waals surface area contributed by atoms with Crippen molar-refractivity contribution in [2.45, 2.75) is 44.6 Å². The summed E-state index contributed by atoms with van der Waals surface area (Å²) < 4.78 is 18.2. The second kappa shape index (κ2) is 7.76. The minimum Gasteiger partial charge on any atom is -0.452 e. The molecule has 0 aromatic heterocycles. The Balaban J connectivity index is 1.78. The number of benzene rings is 1. The Kier molecular flexibility index (Phi) is 5.72. The fourth-order valence-corrected chi connectivity index (χ4v) is 2.53. The Hall–Kier alpha value is -1.91. The van der Waals surface area contributed by atoms with Gasteiger partial charge in [-0.2, -0.15) is 0 Å². The number of rotatable bonds is 4. The third-order valence-electron chi connectivity index (χ3n) is 3.65. The van der Waals surface area contributed by atoms with Crippen LogP contribution in [0.25, 0.3) is 0 Å². The van der Waals surface area contributed by atoms with Gasteiger partial charge in [0.15, 0.2) is 6.61 Å². The zero-order valence-electron chi connectivity index (χ0n) is 11.9. The predicted molar refractivity (Wildman–Crippen MR) is 76.3 cm³/mol. The third-order valence-corrected chi connectivity index (χ3v) is 3.65. The van der Waals surface area contributed by atoms with E-state index in [0.717, 1.165) is 25.7 Å². The molecule has 1 fully saturated rings. The summed E-state index contributed by atoms with van der Waals surface area (Å²) in [6, 6.07) is 5.71. The lowest BCUT2D eigenvalue weighted by Crippen LogP contribution is -2.37. The molecule has 0 aliphatic heterocycles. The molecule has 0 bridgehead atoms. The number of carbonyl (C=O) groups is 2. The maximum absolute atomic E-state index is 13.4. The standard InChI is InChI=1S/C16H20FNO3/c17-14-10-6-5-9-13(14)16(20)21-11-15(19)18-12-7-3-1-2-4-8-12/h5-6,9-10,12H,1-4,7-8,11H2,(H,18,19). The van der Waals surface area contributed by atoms with Gasteiger partial charge in [-0.1, -0.05) is 37.8 Å². The zero-order valence-corrected chi connectivity index (χ0v) is 11.9. The molecule has 114 valence electrons. The first-order chi connectivity index (χ1) is 10.2. The highest BCUT2D eigenvalue weighted by molar-refractivity contribution is 5.91. The number of ether oxygens (including phenoxy) is 1. The Morgan fingerprint density at radius 3 is 2.48 bits per heavy atom. The number of carbonyl (C=O) groups excluding carboxylic acids is 2. The number of halogens is 1. The van der Waals surface area contributed by atoms with Crippen molar-refractivity contribution in [3.63, 3.8) is 0 Å². The van der Waals surface area contributed by atoms with Gasteiger partial charge in [0, 0.05) is 6.04 Å². The highest BCUT2D eigenvalue weighted by Gasteiger charge is 2.17. The van der Waals surface area contributed by atoms with Crippen LogP contribution in [0.5, 0.6) is 0 Å². The van der Waals surface area contributed by atoms with Gasteiger partial charge in [-0.3, -0.25) is 4.79 Å². The average Bonchev–Trinajstić information content (AvgIpc) is 2.74. The van der Waals surface area contributed by atoms with Crippen LogP contribution in [0.4, 0.5) is 4.39 Å². The number of hydrogen-bond donors (Lipinski definition) is 1. The van der Waals surface area contributed by atoms with Gasteiger partial charge < -0.3 is 10.1 Å². The Morgan fingerprint density at radius 2 is 1.81 bits per heavy atom. The third kappa shape index (κ3) is 4.85. The fraction of sp³-hybridized carbons (Fsp3) is 0.500. The lowest BCUT2D eigenvalue weighted by Gasteiger charge is -2.16. The maximum Gasteiger partial charge on any atom is 0.341 e. The van der Waals surface area contributed by atoms with Crippen molar-refractivity contribution in [1.82, 2.24) is 5.32 Å². The normalized spacial score (nSPS) is 16.0. The summed E-state index contributed by atoms with van der Waals surface area (Å²) >= 11 is 0. The fourth-order valence-electron chi connectivity index (χ4n) is 2.53. The van der Waals surface area contributed by atoms with Crippen molar-refractivity contribution < 1.29 is 18.7 Å². The van der Waals surface area contributed by atoms with Gasteiger partial charge in [-0.05, 0) is 25.0 Å². The smallest absolute Gasteiger partial charge is 0.341 e. The summed E-state index contributed by atoms with van der Waals surface area (Å²) in [5.41, 5.74) is -0.153. The lowest BCUT2D eigenvalue weighted by atomic mass is 10.1. The average molecular weight is 293 g/mol. The minimum absolute atomic E-state index is 0.153. The van der Waals surface area contributed by atoms with Crippen LogP contribution in [0, 0.1) is 5.82 Å². The van der Waals surface area contributed by atoms with Crippen molar-refractivity contribution in [3.8, 4) is 0 Å². The molecule has 0 spiro atoms. The number of esters is 1. The first-order valence-corrected chi connectivity index (χ1v) is 7.38. The van der Waals surface area contributed by atoms with Crippen molar-refractivity contribution in [2.24, 2.45) is 0 Å². The Labute approximate surface area is 123 Å². The highest BCUT2D eigenvalue weighted by Crippen LogP contribution is 2.17. The van der Waals surface area contributed by atoms with E-state index in [-0.39, 0.29) is 24.1 Å². The van der Waals surface area contributed by atoms with Crippen molar-refractivity contribution in [3.05, 3.63) is 35.6 Å². The zero-order chi connectivity index (χ0) is 15.1. The first-order valence-electron chi connectivity index (χ1n) is 7.38. The van der Waals surface area contributed by atoms with Crippen LogP contribution >= 0.6 is 0 Å². The lowest BCUT2D eigenvalue weighted by molar-refractivity contribution is -0.125. The first kappa shape index (κ1) is 15.5. The molecular weight excluding hydrogens is 273 g/mol. The summed E-state index contributed by atoms with van der Waals surface area (Å²) in [4.78, 5) is 23.4. The SMILES string of the molecule is O=C(COC(=O)c1ccccc1F)NC1CCCCCC1. The number of hydrogen-bond acceptors (Lipinski definition) is 3. The van der Waals surface area contributed by atoms with E-state index in [4.69, 9.17) is 4.74 Å². The van der Waals surface area contributed by atoms with Gasteiger partial charge in [0.1, 0.15) is 5.82 Å². The molecule has 2 rings (SSSR count). The summed E-state index contributed by atoms with van der Waals surface area (Å²) in [6.07, 6.45) is 6.56. The molecule has 4 nitrogen and oxygen atoms in total. The molecule has 1 aromatic rings.